The van der Waals surface area contributed by atoms with E-state index in [-0.39, 0.29) is 11.7 Å². The molecule has 1 aliphatic rings. The van der Waals surface area contributed by atoms with Crippen molar-refractivity contribution >= 4 is 34.9 Å². The third-order valence-electron chi connectivity index (χ3n) is 3.82. The summed E-state index contributed by atoms with van der Waals surface area (Å²) in [6, 6.07) is 5.56. The first-order chi connectivity index (χ1) is 11.0. The van der Waals surface area contributed by atoms with E-state index in [4.69, 9.17) is 21.8 Å². The number of anilines is 3. The van der Waals surface area contributed by atoms with Crippen LogP contribution in [0.15, 0.2) is 28.9 Å². The Labute approximate surface area is 139 Å². The van der Waals surface area contributed by atoms with Crippen LogP contribution in [0.5, 0.6) is 0 Å². The van der Waals surface area contributed by atoms with Crippen molar-refractivity contribution in [3.8, 4) is 0 Å². The Morgan fingerprint density at radius 3 is 2.74 bits per heavy atom. The van der Waals surface area contributed by atoms with Crippen molar-refractivity contribution in [3.63, 3.8) is 0 Å². The number of nitrogens with zero attached hydrogens (tertiary/aromatic N) is 3. The van der Waals surface area contributed by atoms with E-state index in [0.717, 1.165) is 31.9 Å². The maximum Gasteiger partial charge on any atom is 0.292 e. The summed E-state index contributed by atoms with van der Waals surface area (Å²) in [4.78, 5) is 20.5. The van der Waals surface area contributed by atoms with Crippen molar-refractivity contribution in [2.24, 2.45) is 0 Å². The average molecular weight is 336 g/mol. The highest BCUT2D eigenvalue weighted by atomic mass is 35.5. The van der Waals surface area contributed by atoms with Gasteiger partial charge in [0.15, 0.2) is 5.69 Å². The molecule has 1 saturated heterocycles. The number of halogens is 1. The van der Waals surface area contributed by atoms with Crippen LogP contribution in [0, 0.1) is 0 Å². The summed E-state index contributed by atoms with van der Waals surface area (Å²) in [5, 5.41) is 3.21. The van der Waals surface area contributed by atoms with Crippen LogP contribution in [-0.4, -0.2) is 49.0 Å². The van der Waals surface area contributed by atoms with Gasteiger partial charge in [0.05, 0.1) is 10.7 Å². The number of rotatable bonds is 3. The van der Waals surface area contributed by atoms with Gasteiger partial charge in [-0.05, 0) is 25.2 Å². The lowest BCUT2D eigenvalue weighted by Crippen LogP contribution is -2.44. The molecule has 0 unspecified atom stereocenters. The number of hydrogen-bond acceptors (Lipinski definition) is 6. The van der Waals surface area contributed by atoms with Crippen LogP contribution in [0.2, 0.25) is 5.02 Å². The highest BCUT2D eigenvalue weighted by molar-refractivity contribution is 6.34. The lowest BCUT2D eigenvalue weighted by atomic mass is 10.2. The Morgan fingerprint density at radius 1 is 1.35 bits per heavy atom. The Bertz CT molecular complexity index is 710. The molecule has 3 N–H and O–H groups in total. The Hall–Kier alpha value is -2.25. The van der Waals surface area contributed by atoms with Crippen molar-refractivity contribution in [1.29, 1.82) is 0 Å². The van der Waals surface area contributed by atoms with Crippen molar-refractivity contribution in [1.82, 2.24) is 9.88 Å². The van der Waals surface area contributed by atoms with Crippen LogP contribution in [0.3, 0.4) is 0 Å². The zero-order valence-electron chi connectivity index (χ0n) is 12.8. The molecule has 122 valence electrons. The number of carbonyl (C=O) groups excluding carboxylic acids is 1. The number of nitrogens with one attached hydrogen (secondary N) is 1. The minimum atomic E-state index is -0.414. The predicted molar refractivity (Wildman–Crippen MR) is 90.0 cm³/mol. The molecule has 1 amide bonds. The van der Waals surface area contributed by atoms with Crippen LogP contribution in [0.25, 0.3) is 0 Å². The van der Waals surface area contributed by atoms with Gasteiger partial charge in [-0.3, -0.25) is 4.79 Å². The molecule has 0 saturated carbocycles. The maximum atomic E-state index is 12.1. The normalized spacial score (nSPS) is 15.7. The van der Waals surface area contributed by atoms with Gasteiger partial charge in [0.25, 0.3) is 11.9 Å². The fourth-order valence-corrected chi connectivity index (χ4v) is 2.61. The molecule has 0 spiro atoms. The monoisotopic (exact) mass is 335 g/mol. The molecule has 1 fully saturated rings. The zero-order chi connectivity index (χ0) is 16.4. The second kappa shape index (κ2) is 6.47. The molecule has 23 heavy (non-hydrogen) atoms. The highest BCUT2D eigenvalue weighted by Gasteiger charge is 2.17. The van der Waals surface area contributed by atoms with Gasteiger partial charge in [-0.1, -0.05) is 11.6 Å². The summed E-state index contributed by atoms with van der Waals surface area (Å²) in [6.07, 6.45) is 1.21. The molecule has 2 aromatic rings. The van der Waals surface area contributed by atoms with Gasteiger partial charge >= 0.3 is 0 Å². The number of carbonyl (C=O) groups is 1. The molecule has 0 bridgehead atoms. The van der Waals surface area contributed by atoms with Crippen molar-refractivity contribution in [2.45, 2.75) is 0 Å². The number of piperazine rings is 1. The SMILES string of the molecule is CN1CCN(c2ccc(Cl)c(NC(=O)c3coc(N)n3)c2)CC1. The fourth-order valence-electron chi connectivity index (χ4n) is 2.45. The second-order valence-corrected chi connectivity index (χ2v) is 5.89. The zero-order valence-corrected chi connectivity index (χ0v) is 13.5. The maximum absolute atomic E-state index is 12.1. The van der Waals surface area contributed by atoms with Crippen molar-refractivity contribution < 1.29 is 9.21 Å². The van der Waals surface area contributed by atoms with Gasteiger partial charge in [-0.25, -0.2) is 0 Å². The number of benzene rings is 1. The number of amides is 1. The quantitative estimate of drug-likeness (QED) is 0.891. The van der Waals surface area contributed by atoms with Gasteiger partial charge in [-0.2, -0.15) is 4.98 Å². The van der Waals surface area contributed by atoms with E-state index in [9.17, 15) is 4.79 Å². The van der Waals surface area contributed by atoms with E-state index in [1.54, 1.807) is 6.07 Å². The van der Waals surface area contributed by atoms with E-state index in [1.165, 1.54) is 6.26 Å². The number of aromatic nitrogens is 1. The Balaban J connectivity index is 1.76. The molecule has 1 aromatic carbocycles. The molecule has 2 heterocycles. The smallest absolute Gasteiger partial charge is 0.292 e. The summed E-state index contributed by atoms with van der Waals surface area (Å²) in [6.45, 7) is 3.88. The minimum Gasteiger partial charge on any atom is -0.431 e. The van der Waals surface area contributed by atoms with Gasteiger partial charge < -0.3 is 25.3 Å². The molecular formula is C15H18ClN5O2. The van der Waals surface area contributed by atoms with Gasteiger partial charge in [0.1, 0.15) is 6.26 Å². The highest BCUT2D eigenvalue weighted by Crippen LogP contribution is 2.28. The molecule has 7 nitrogen and oxygen atoms in total. The van der Waals surface area contributed by atoms with Crippen LogP contribution >= 0.6 is 11.6 Å². The molecule has 1 aliphatic heterocycles. The first-order valence-corrected chi connectivity index (χ1v) is 7.66. The van der Waals surface area contributed by atoms with E-state index in [1.807, 2.05) is 12.1 Å². The number of hydrogen-bond donors (Lipinski definition) is 2. The Kier molecular flexibility index (Phi) is 4.40. The third kappa shape index (κ3) is 3.57. The minimum absolute atomic E-state index is 0.0487. The molecule has 0 radical (unpaired) electrons. The van der Waals surface area contributed by atoms with E-state index >= 15 is 0 Å². The molecule has 1 aromatic heterocycles. The molecule has 0 atom stereocenters. The van der Waals surface area contributed by atoms with Crippen LogP contribution < -0.4 is 16.0 Å². The number of likely N-dealkylation sites (N-methyl/N-ethyl adjacent to an activating group) is 1. The largest absolute Gasteiger partial charge is 0.431 e. The standard InChI is InChI=1S/C15H18ClN5O2/c1-20-4-6-21(7-5-20)10-2-3-11(16)12(8-10)18-14(22)13-9-23-15(17)19-13/h2-3,8-9H,4-7H2,1H3,(H2,17,19)(H,18,22). The number of nitrogen functional groups attached to an aromatic ring is 1. The molecular weight excluding hydrogens is 318 g/mol. The van der Waals surface area contributed by atoms with Gasteiger partial charge in [-0.15, -0.1) is 0 Å². The first kappa shape index (κ1) is 15.6. The lowest BCUT2D eigenvalue weighted by Gasteiger charge is -2.34. The topological polar surface area (TPSA) is 87.6 Å². The summed E-state index contributed by atoms with van der Waals surface area (Å²) in [5.74, 6) is -0.414. The number of oxazole rings is 1. The van der Waals surface area contributed by atoms with Crippen molar-refractivity contribution in [2.75, 3.05) is 49.2 Å². The Morgan fingerprint density at radius 2 is 2.09 bits per heavy atom. The molecule has 8 heteroatoms. The summed E-state index contributed by atoms with van der Waals surface area (Å²) >= 11 is 6.19. The van der Waals surface area contributed by atoms with Crippen LogP contribution in [0.4, 0.5) is 17.4 Å². The average Bonchev–Trinajstić information content (AvgIpc) is 2.97. The predicted octanol–water partition coefficient (Wildman–Crippen LogP) is 1.91. The third-order valence-corrected chi connectivity index (χ3v) is 4.15. The summed E-state index contributed by atoms with van der Waals surface area (Å²) in [5.41, 5.74) is 7.05. The van der Waals surface area contributed by atoms with Gasteiger partial charge in [0, 0.05) is 31.9 Å². The van der Waals surface area contributed by atoms with Crippen LogP contribution in [0.1, 0.15) is 10.5 Å². The lowest BCUT2D eigenvalue weighted by molar-refractivity contribution is 0.102. The first-order valence-electron chi connectivity index (χ1n) is 7.28. The summed E-state index contributed by atoms with van der Waals surface area (Å²) < 4.78 is 4.84. The number of nitrogens with two attached hydrogens (primary N) is 1. The van der Waals surface area contributed by atoms with E-state index < -0.39 is 5.91 Å². The van der Waals surface area contributed by atoms with E-state index in [0.29, 0.717) is 10.7 Å². The van der Waals surface area contributed by atoms with E-state index in [2.05, 4.69) is 27.1 Å². The van der Waals surface area contributed by atoms with Crippen molar-refractivity contribution in [3.05, 3.63) is 35.2 Å². The molecule has 0 aliphatic carbocycles. The summed E-state index contributed by atoms with van der Waals surface area (Å²) in [7, 11) is 2.11. The molecule has 3 rings (SSSR count). The van der Waals surface area contributed by atoms with Crippen LogP contribution in [-0.2, 0) is 0 Å². The second-order valence-electron chi connectivity index (χ2n) is 5.48. The fraction of sp³-hybridized carbons (Fsp3) is 0.333. The van der Waals surface area contributed by atoms with Gasteiger partial charge in [0.2, 0.25) is 0 Å².